The van der Waals surface area contributed by atoms with Gasteiger partial charge in [-0.2, -0.15) is 4.39 Å². The normalized spacial score (nSPS) is 48.3. The fourth-order valence-electron chi connectivity index (χ4n) is 8.03. The first-order valence-electron chi connectivity index (χ1n) is 9.21. The molecule has 0 radical (unpaired) electrons. The molecule has 7 heteroatoms. The summed E-state index contributed by atoms with van der Waals surface area (Å²) < 4.78 is 40.6. The molecule has 1 amide bonds. The van der Waals surface area contributed by atoms with Gasteiger partial charge in [-0.15, -0.1) is 0 Å². The quantitative estimate of drug-likeness (QED) is 0.718. The third-order valence-corrected chi connectivity index (χ3v) is 8.43. The number of aromatic hydroxyl groups is 1. The maximum atomic E-state index is 13.9. The van der Waals surface area contributed by atoms with Crippen LogP contribution in [-0.4, -0.2) is 28.3 Å². The maximum absolute atomic E-state index is 13.9. The number of fused-ring (bicyclic) bond motifs is 2. The zero-order valence-corrected chi connectivity index (χ0v) is 13.8. The summed E-state index contributed by atoms with van der Waals surface area (Å²) >= 11 is 0. The van der Waals surface area contributed by atoms with Crippen molar-refractivity contribution in [1.82, 2.24) is 5.32 Å². The van der Waals surface area contributed by atoms with Crippen molar-refractivity contribution in [3.05, 3.63) is 29.1 Å². The molecule has 26 heavy (non-hydrogen) atoms. The standard InChI is InChI=1S/C19H18F3NO3/c20-10-3-9(15(21)17(24)16(10)22)18(25)23-4-19(26)13-6-2-7-11-5(6)1-8(13)12(11)14(7)19/h3,5-8,11-14,24,26H,1-2,4H2,(H,23,25). The van der Waals surface area contributed by atoms with Crippen LogP contribution in [0.1, 0.15) is 23.2 Å². The molecule has 0 aromatic heterocycles. The number of phenols is 1. The van der Waals surface area contributed by atoms with Crippen LogP contribution in [0.2, 0.25) is 0 Å². The summed E-state index contributed by atoms with van der Waals surface area (Å²) in [7, 11) is 0. The van der Waals surface area contributed by atoms with E-state index in [1.165, 1.54) is 12.8 Å². The average Bonchev–Trinajstić information content (AvgIpc) is 3.13. The number of carbonyl (C=O) groups excluding carboxylic acids is 1. The summed E-state index contributed by atoms with van der Waals surface area (Å²) in [5.74, 6) is -3.18. The van der Waals surface area contributed by atoms with Gasteiger partial charge in [0, 0.05) is 6.54 Å². The number of benzene rings is 1. The highest BCUT2D eigenvalue weighted by Gasteiger charge is 2.84. The number of aliphatic hydroxyl groups is 1. The molecule has 0 aliphatic heterocycles. The number of hydrogen-bond acceptors (Lipinski definition) is 3. The summed E-state index contributed by atoms with van der Waals surface area (Å²) in [5.41, 5.74) is -1.75. The van der Waals surface area contributed by atoms with E-state index < -0.39 is 40.3 Å². The molecule has 6 rings (SSSR count). The molecular weight excluding hydrogens is 347 g/mol. The molecule has 0 heterocycles. The lowest BCUT2D eigenvalue weighted by Gasteiger charge is -2.51. The monoisotopic (exact) mass is 365 g/mol. The van der Waals surface area contributed by atoms with Crippen molar-refractivity contribution in [2.75, 3.05) is 6.54 Å². The molecule has 2 bridgehead atoms. The van der Waals surface area contributed by atoms with Crippen LogP contribution < -0.4 is 5.32 Å². The fraction of sp³-hybridized carbons (Fsp3) is 0.632. The molecule has 5 saturated carbocycles. The lowest BCUT2D eigenvalue weighted by atomic mass is 9.56. The zero-order chi connectivity index (χ0) is 18.1. The number of rotatable bonds is 3. The van der Waals surface area contributed by atoms with Crippen molar-refractivity contribution in [3.63, 3.8) is 0 Å². The Labute approximate surface area is 147 Å². The highest BCUT2D eigenvalue weighted by Crippen LogP contribution is 2.85. The Balaban J connectivity index is 1.27. The average molecular weight is 365 g/mol. The van der Waals surface area contributed by atoms with Gasteiger partial charge in [0.25, 0.3) is 5.91 Å². The molecule has 0 spiro atoms. The third kappa shape index (κ3) is 1.41. The van der Waals surface area contributed by atoms with Crippen molar-refractivity contribution in [2.45, 2.75) is 18.4 Å². The van der Waals surface area contributed by atoms with Gasteiger partial charge < -0.3 is 15.5 Å². The molecule has 5 aliphatic rings. The number of halogens is 3. The second kappa shape index (κ2) is 4.38. The molecule has 1 aromatic rings. The van der Waals surface area contributed by atoms with E-state index >= 15 is 0 Å². The van der Waals surface area contributed by atoms with E-state index in [1.54, 1.807) is 0 Å². The lowest BCUT2D eigenvalue weighted by molar-refractivity contribution is -0.126. The first-order chi connectivity index (χ1) is 12.3. The molecule has 0 saturated heterocycles. The molecule has 5 aliphatic carbocycles. The second-order valence-electron chi connectivity index (χ2n) is 8.89. The van der Waals surface area contributed by atoms with Gasteiger partial charge in [0.2, 0.25) is 5.82 Å². The maximum Gasteiger partial charge on any atom is 0.254 e. The molecule has 9 unspecified atom stereocenters. The minimum absolute atomic E-state index is 0.0141. The highest BCUT2D eigenvalue weighted by atomic mass is 19.2. The number of phenolic OH excluding ortho intramolecular Hbond substituents is 1. The molecular formula is C19H18F3NO3. The number of carbonyl (C=O) groups is 1. The number of nitrogens with one attached hydrogen (secondary N) is 1. The summed E-state index contributed by atoms with van der Waals surface area (Å²) in [4.78, 5) is 12.3. The largest absolute Gasteiger partial charge is 0.503 e. The highest BCUT2D eigenvalue weighted by molar-refractivity contribution is 5.95. The van der Waals surface area contributed by atoms with Crippen LogP contribution in [0, 0.1) is 64.8 Å². The Hall–Kier alpha value is -1.76. The van der Waals surface area contributed by atoms with E-state index in [-0.39, 0.29) is 18.4 Å². The van der Waals surface area contributed by atoms with Gasteiger partial charge in [-0.3, -0.25) is 4.79 Å². The molecule has 5 fully saturated rings. The predicted molar refractivity (Wildman–Crippen MR) is 82.4 cm³/mol. The number of hydrogen-bond donors (Lipinski definition) is 3. The van der Waals surface area contributed by atoms with Gasteiger partial charge in [0.1, 0.15) is 0 Å². The summed E-state index contributed by atoms with van der Waals surface area (Å²) in [5, 5.41) is 23.2. The van der Waals surface area contributed by atoms with E-state index in [4.69, 9.17) is 0 Å². The van der Waals surface area contributed by atoms with E-state index in [0.29, 0.717) is 29.7 Å². The van der Waals surface area contributed by atoms with E-state index in [9.17, 15) is 28.2 Å². The Kier molecular flexibility index (Phi) is 2.58. The van der Waals surface area contributed by atoms with Crippen LogP contribution in [0.25, 0.3) is 0 Å². The van der Waals surface area contributed by atoms with Gasteiger partial charge in [0.15, 0.2) is 17.4 Å². The van der Waals surface area contributed by atoms with Crippen molar-refractivity contribution in [3.8, 4) is 5.75 Å². The summed E-state index contributed by atoms with van der Waals surface area (Å²) in [6.45, 7) is -0.0141. The van der Waals surface area contributed by atoms with Crippen molar-refractivity contribution in [1.29, 1.82) is 0 Å². The van der Waals surface area contributed by atoms with Crippen LogP contribution in [-0.2, 0) is 0 Å². The Bertz CT molecular complexity index is 870. The topological polar surface area (TPSA) is 69.6 Å². The predicted octanol–water partition coefficient (Wildman–Crippen LogP) is 2.05. The molecule has 1 aromatic carbocycles. The van der Waals surface area contributed by atoms with Gasteiger partial charge in [-0.1, -0.05) is 0 Å². The molecule has 3 N–H and O–H groups in total. The fourth-order valence-corrected chi connectivity index (χ4v) is 8.03. The Morgan fingerprint density at radius 3 is 2.54 bits per heavy atom. The van der Waals surface area contributed by atoms with Gasteiger partial charge in [0.05, 0.1) is 11.2 Å². The van der Waals surface area contributed by atoms with Gasteiger partial charge >= 0.3 is 0 Å². The first kappa shape index (κ1) is 15.3. The summed E-state index contributed by atoms with van der Waals surface area (Å²) in [6, 6.07) is 0.435. The van der Waals surface area contributed by atoms with E-state index in [0.717, 1.165) is 11.8 Å². The van der Waals surface area contributed by atoms with E-state index in [1.807, 2.05) is 0 Å². The van der Waals surface area contributed by atoms with Crippen LogP contribution >= 0.6 is 0 Å². The Morgan fingerprint density at radius 2 is 1.77 bits per heavy atom. The Morgan fingerprint density at radius 1 is 1.08 bits per heavy atom. The van der Waals surface area contributed by atoms with Crippen molar-refractivity contribution >= 4 is 5.91 Å². The smallest absolute Gasteiger partial charge is 0.254 e. The van der Waals surface area contributed by atoms with Crippen LogP contribution in [0.15, 0.2) is 6.07 Å². The van der Waals surface area contributed by atoms with Gasteiger partial charge in [-0.25, -0.2) is 8.78 Å². The lowest BCUT2D eigenvalue weighted by Crippen LogP contribution is -2.59. The van der Waals surface area contributed by atoms with Crippen LogP contribution in [0.4, 0.5) is 13.2 Å². The zero-order valence-electron chi connectivity index (χ0n) is 13.8. The second-order valence-corrected chi connectivity index (χ2v) is 8.89. The van der Waals surface area contributed by atoms with Crippen LogP contribution in [0.5, 0.6) is 5.75 Å². The summed E-state index contributed by atoms with van der Waals surface area (Å²) in [6.07, 6.45) is 2.36. The van der Waals surface area contributed by atoms with E-state index in [2.05, 4.69) is 5.32 Å². The minimum atomic E-state index is -1.72. The minimum Gasteiger partial charge on any atom is -0.503 e. The van der Waals surface area contributed by atoms with Gasteiger partial charge in [-0.05, 0) is 66.3 Å². The van der Waals surface area contributed by atoms with Crippen LogP contribution in [0.3, 0.4) is 0 Å². The van der Waals surface area contributed by atoms with Crippen molar-refractivity contribution in [2.24, 2.45) is 47.3 Å². The number of amides is 1. The molecule has 138 valence electrons. The first-order valence-corrected chi connectivity index (χ1v) is 9.21. The third-order valence-electron chi connectivity index (χ3n) is 8.43. The molecule has 4 nitrogen and oxygen atoms in total. The SMILES string of the molecule is O=C(NCC1(O)C2C3CC4C5C3CC2C5C41)c1cc(F)c(F)c(O)c1F. The van der Waals surface area contributed by atoms with Crippen molar-refractivity contribution < 1.29 is 28.2 Å². The molecule has 9 atom stereocenters.